The lowest BCUT2D eigenvalue weighted by atomic mass is 10.1. The molecule has 4 rings (SSSR count). The van der Waals surface area contributed by atoms with Gasteiger partial charge in [-0.25, -0.2) is 9.97 Å². The number of aromatic hydroxyl groups is 1. The monoisotopic (exact) mass is 355 g/mol. The highest BCUT2D eigenvalue weighted by molar-refractivity contribution is 6.35. The van der Waals surface area contributed by atoms with Gasteiger partial charge in [0.25, 0.3) is 0 Å². The molecule has 6 nitrogen and oxygen atoms in total. The Morgan fingerprint density at radius 3 is 2.48 bits per heavy atom. The van der Waals surface area contributed by atoms with E-state index in [4.69, 9.17) is 11.6 Å². The third-order valence-electron chi connectivity index (χ3n) is 4.50. The van der Waals surface area contributed by atoms with E-state index in [-0.39, 0.29) is 5.75 Å². The average Bonchev–Trinajstić information content (AvgIpc) is 2.67. The molecule has 1 aromatic carbocycles. The number of hydrogen-bond donors (Lipinski definition) is 1. The van der Waals surface area contributed by atoms with Crippen LogP contribution in [0.5, 0.6) is 5.75 Å². The first-order valence-electron chi connectivity index (χ1n) is 8.22. The molecule has 1 aliphatic rings. The van der Waals surface area contributed by atoms with Gasteiger partial charge >= 0.3 is 0 Å². The quantitative estimate of drug-likeness (QED) is 0.779. The Balaban J connectivity index is 1.49. The zero-order valence-electron chi connectivity index (χ0n) is 13.6. The van der Waals surface area contributed by atoms with E-state index in [1.165, 1.54) is 0 Å². The predicted octanol–water partition coefficient (Wildman–Crippen LogP) is 2.71. The highest BCUT2D eigenvalue weighted by atomic mass is 35.5. The molecule has 1 aliphatic heterocycles. The zero-order chi connectivity index (χ0) is 17.2. The minimum atomic E-state index is 0.217. The van der Waals surface area contributed by atoms with Crippen molar-refractivity contribution in [2.75, 3.05) is 31.1 Å². The van der Waals surface area contributed by atoms with Crippen LogP contribution in [0, 0.1) is 0 Å². The van der Waals surface area contributed by atoms with Gasteiger partial charge in [0.2, 0.25) is 5.95 Å². The molecule has 25 heavy (non-hydrogen) atoms. The normalized spacial score (nSPS) is 15.6. The summed E-state index contributed by atoms with van der Waals surface area (Å²) in [4.78, 5) is 17.3. The maximum absolute atomic E-state index is 10.6. The fourth-order valence-electron chi connectivity index (χ4n) is 3.16. The molecule has 1 saturated heterocycles. The van der Waals surface area contributed by atoms with Crippen molar-refractivity contribution in [2.45, 2.75) is 6.54 Å². The summed E-state index contributed by atoms with van der Waals surface area (Å²) in [6, 6.07) is 7.35. The van der Waals surface area contributed by atoms with Gasteiger partial charge in [-0.15, -0.1) is 0 Å². The molecule has 0 radical (unpaired) electrons. The van der Waals surface area contributed by atoms with Gasteiger partial charge in [-0.3, -0.25) is 9.88 Å². The molecule has 0 atom stereocenters. The number of phenols is 1. The van der Waals surface area contributed by atoms with Crippen molar-refractivity contribution in [2.24, 2.45) is 0 Å². The second kappa shape index (κ2) is 6.82. The summed E-state index contributed by atoms with van der Waals surface area (Å²) in [6.45, 7) is 4.08. The van der Waals surface area contributed by atoms with E-state index >= 15 is 0 Å². The first-order chi connectivity index (χ1) is 12.2. The first-order valence-corrected chi connectivity index (χ1v) is 8.59. The molecule has 1 N–H and O–H groups in total. The summed E-state index contributed by atoms with van der Waals surface area (Å²) in [5, 5.41) is 11.9. The van der Waals surface area contributed by atoms with Crippen LogP contribution in [0.3, 0.4) is 0 Å². The number of fused-ring (bicyclic) bond motifs is 1. The van der Waals surface area contributed by atoms with E-state index in [0.29, 0.717) is 17.1 Å². The fraction of sp³-hybridized carbons (Fsp3) is 0.278. The molecule has 0 aliphatic carbocycles. The van der Waals surface area contributed by atoms with Crippen molar-refractivity contribution in [1.29, 1.82) is 0 Å². The molecule has 1 fully saturated rings. The smallest absolute Gasteiger partial charge is 0.225 e. The summed E-state index contributed by atoms with van der Waals surface area (Å²) in [6.07, 6.45) is 5.19. The van der Waals surface area contributed by atoms with Crippen LogP contribution in [-0.2, 0) is 6.54 Å². The minimum absolute atomic E-state index is 0.217. The van der Waals surface area contributed by atoms with Gasteiger partial charge in [0.05, 0.1) is 5.02 Å². The van der Waals surface area contributed by atoms with E-state index in [0.717, 1.165) is 43.1 Å². The Hall–Kier alpha value is -2.44. The number of benzene rings is 1. The fourth-order valence-corrected chi connectivity index (χ4v) is 3.44. The largest absolute Gasteiger partial charge is 0.505 e. The first kappa shape index (κ1) is 16.1. The molecular formula is C18H18ClN5O. The van der Waals surface area contributed by atoms with E-state index in [1.807, 2.05) is 24.3 Å². The van der Waals surface area contributed by atoms with Crippen LogP contribution in [0.2, 0.25) is 5.02 Å². The molecule has 2 aromatic heterocycles. The number of piperazine rings is 1. The number of phenolic OH excluding ortho intramolecular Hbond substituents is 1. The predicted molar refractivity (Wildman–Crippen MR) is 97.9 cm³/mol. The highest BCUT2D eigenvalue weighted by Crippen LogP contribution is 2.33. The average molecular weight is 356 g/mol. The van der Waals surface area contributed by atoms with E-state index in [9.17, 15) is 5.11 Å². The van der Waals surface area contributed by atoms with E-state index in [2.05, 4.69) is 24.8 Å². The number of rotatable bonds is 3. The van der Waals surface area contributed by atoms with Gasteiger partial charge in [-0.1, -0.05) is 11.6 Å². The van der Waals surface area contributed by atoms with Gasteiger partial charge in [0.1, 0.15) is 11.3 Å². The van der Waals surface area contributed by atoms with Gasteiger partial charge in [0, 0.05) is 62.3 Å². The van der Waals surface area contributed by atoms with E-state index in [1.54, 1.807) is 18.6 Å². The standard InChI is InChI=1S/C18H18ClN5O/c19-15-11-13(17(25)16-14(15)3-1-4-20-16)12-23-7-9-24(10-8-23)18-21-5-2-6-22-18/h1-6,11,25H,7-10,12H2. The Bertz CT molecular complexity index is 881. The lowest BCUT2D eigenvalue weighted by molar-refractivity contribution is 0.246. The SMILES string of the molecule is Oc1c(CN2CCN(c3ncccn3)CC2)cc(Cl)c2cccnc12. The third-order valence-corrected chi connectivity index (χ3v) is 4.81. The second-order valence-electron chi connectivity index (χ2n) is 6.08. The number of nitrogens with zero attached hydrogens (tertiary/aromatic N) is 5. The molecule has 0 spiro atoms. The summed E-state index contributed by atoms with van der Waals surface area (Å²) >= 11 is 6.36. The molecule has 0 unspecified atom stereocenters. The third kappa shape index (κ3) is 3.23. The van der Waals surface area contributed by atoms with Gasteiger partial charge in [0.15, 0.2) is 0 Å². The zero-order valence-corrected chi connectivity index (χ0v) is 14.4. The Morgan fingerprint density at radius 2 is 1.72 bits per heavy atom. The topological polar surface area (TPSA) is 65.4 Å². The summed E-state index contributed by atoms with van der Waals surface area (Å²) in [7, 11) is 0. The molecule has 0 amide bonds. The lowest BCUT2D eigenvalue weighted by Crippen LogP contribution is -2.46. The van der Waals surface area contributed by atoms with Crippen molar-refractivity contribution >= 4 is 28.5 Å². The molecule has 0 saturated carbocycles. The van der Waals surface area contributed by atoms with Gasteiger partial charge in [-0.05, 0) is 24.3 Å². The highest BCUT2D eigenvalue weighted by Gasteiger charge is 2.20. The molecule has 0 bridgehead atoms. The molecular weight excluding hydrogens is 338 g/mol. The number of anilines is 1. The van der Waals surface area contributed by atoms with Crippen LogP contribution < -0.4 is 4.90 Å². The van der Waals surface area contributed by atoms with Gasteiger partial charge in [-0.2, -0.15) is 0 Å². The van der Waals surface area contributed by atoms with Crippen LogP contribution >= 0.6 is 11.6 Å². The van der Waals surface area contributed by atoms with Crippen LogP contribution in [0.25, 0.3) is 10.9 Å². The Labute approximate surface area is 150 Å². The van der Waals surface area contributed by atoms with Crippen molar-refractivity contribution < 1.29 is 5.11 Å². The van der Waals surface area contributed by atoms with Crippen LogP contribution in [0.1, 0.15) is 5.56 Å². The van der Waals surface area contributed by atoms with Crippen LogP contribution in [-0.4, -0.2) is 51.1 Å². The molecule has 3 heterocycles. The molecule has 3 aromatic rings. The maximum atomic E-state index is 10.6. The Kier molecular flexibility index (Phi) is 4.38. The number of halogens is 1. The van der Waals surface area contributed by atoms with Crippen molar-refractivity contribution in [3.63, 3.8) is 0 Å². The van der Waals surface area contributed by atoms with Crippen molar-refractivity contribution in [3.8, 4) is 5.75 Å². The van der Waals surface area contributed by atoms with Gasteiger partial charge < -0.3 is 10.0 Å². The van der Waals surface area contributed by atoms with Crippen molar-refractivity contribution in [1.82, 2.24) is 19.9 Å². The van der Waals surface area contributed by atoms with Crippen molar-refractivity contribution in [3.05, 3.63) is 53.4 Å². The number of aromatic nitrogens is 3. The summed E-state index contributed by atoms with van der Waals surface area (Å²) < 4.78 is 0. The van der Waals surface area contributed by atoms with E-state index < -0.39 is 0 Å². The number of pyridine rings is 1. The molecule has 128 valence electrons. The van der Waals surface area contributed by atoms with Crippen LogP contribution in [0.15, 0.2) is 42.9 Å². The summed E-state index contributed by atoms with van der Waals surface area (Å²) in [5.74, 6) is 0.983. The molecule has 7 heteroatoms. The maximum Gasteiger partial charge on any atom is 0.225 e. The number of hydrogen-bond acceptors (Lipinski definition) is 6. The second-order valence-corrected chi connectivity index (χ2v) is 6.48. The lowest BCUT2D eigenvalue weighted by Gasteiger charge is -2.34. The van der Waals surface area contributed by atoms with Crippen LogP contribution in [0.4, 0.5) is 5.95 Å². The minimum Gasteiger partial charge on any atom is -0.505 e. The summed E-state index contributed by atoms with van der Waals surface area (Å²) in [5.41, 5.74) is 1.36. The Morgan fingerprint density at radius 1 is 1.00 bits per heavy atom.